The van der Waals surface area contributed by atoms with Crippen LogP contribution >= 0.6 is 0 Å². The summed E-state index contributed by atoms with van der Waals surface area (Å²) in [6.07, 6.45) is 1.57. The molecule has 2 N–H and O–H groups in total. The van der Waals surface area contributed by atoms with Crippen LogP contribution < -0.4 is 10.6 Å². The number of piperazine rings is 1. The van der Waals surface area contributed by atoms with Crippen LogP contribution in [0.2, 0.25) is 0 Å². The molecule has 132 valence electrons. The van der Waals surface area contributed by atoms with Crippen molar-refractivity contribution in [3.8, 4) is 0 Å². The largest absolute Gasteiger partial charge is 0.370 e. The summed E-state index contributed by atoms with van der Waals surface area (Å²) >= 11 is 0. The van der Waals surface area contributed by atoms with E-state index in [-0.39, 0.29) is 23.4 Å². The molecule has 1 aliphatic heterocycles. The summed E-state index contributed by atoms with van der Waals surface area (Å²) in [5.41, 5.74) is 6.97. The number of anilines is 1. The summed E-state index contributed by atoms with van der Waals surface area (Å²) in [6, 6.07) is 6.45. The maximum absolute atomic E-state index is 13.0. The van der Waals surface area contributed by atoms with E-state index in [2.05, 4.69) is 9.89 Å². The van der Waals surface area contributed by atoms with Crippen molar-refractivity contribution in [2.75, 3.05) is 43.4 Å². The Morgan fingerprint density at radius 2 is 1.79 bits per heavy atom. The zero-order valence-electron chi connectivity index (χ0n) is 13.6. The number of rotatable bonds is 5. The highest BCUT2D eigenvalue weighted by molar-refractivity contribution is 7.92. The van der Waals surface area contributed by atoms with Crippen molar-refractivity contribution in [2.24, 2.45) is 10.7 Å². The smallest absolute Gasteiger partial charge is 0.191 e. The Balaban J connectivity index is 1.48. The van der Waals surface area contributed by atoms with Crippen LogP contribution in [-0.2, 0) is 9.84 Å². The number of halogens is 1. The molecule has 0 bridgehead atoms. The first-order valence-electron chi connectivity index (χ1n) is 8.23. The van der Waals surface area contributed by atoms with Gasteiger partial charge in [-0.3, -0.25) is 4.99 Å². The van der Waals surface area contributed by atoms with E-state index in [0.29, 0.717) is 19.0 Å². The van der Waals surface area contributed by atoms with Gasteiger partial charge in [0.1, 0.15) is 5.82 Å². The Bertz CT molecular complexity index is 693. The van der Waals surface area contributed by atoms with Crippen molar-refractivity contribution in [1.82, 2.24) is 4.90 Å². The summed E-state index contributed by atoms with van der Waals surface area (Å²) in [4.78, 5) is 8.36. The van der Waals surface area contributed by atoms with Crippen LogP contribution in [0.25, 0.3) is 0 Å². The maximum atomic E-state index is 13.0. The molecule has 0 atom stereocenters. The minimum absolute atomic E-state index is 0.0773. The lowest BCUT2D eigenvalue weighted by molar-refractivity contribution is 0.381. The molecule has 1 aromatic rings. The van der Waals surface area contributed by atoms with Crippen LogP contribution in [0, 0.1) is 5.82 Å². The molecule has 0 radical (unpaired) electrons. The Kier molecular flexibility index (Phi) is 4.93. The third-order valence-electron chi connectivity index (χ3n) is 4.48. The monoisotopic (exact) mass is 354 g/mol. The molecule has 24 heavy (non-hydrogen) atoms. The predicted octanol–water partition coefficient (Wildman–Crippen LogP) is 0.840. The molecule has 0 amide bonds. The van der Waals surface area contributed by atoms with Crippen molar-refractivity contribution >= 4 is 21.5 Å². The lowest BCUT2D eigenvalue weighted by Gasteiger charge is -2.36. The normalized spacial score (nSPS) is 19.6. The minimum atomic E-state index is -2.98. The van der Waals surface area contributed by atoms with Crippen molar-refractivity contribution < 1.29 is 12.8 Å². The van der Waals surface area contributed by atoms with Crippen LogP contribution in [0.5, 0.6) is 0 Å². The molecule has 8 heteroatoms. The second-order valence-electron chi connectivity index (χ2n) is 6.26. The third kappa shape index (κ3) is 4.17. The van der Waals surface area contributed by atoms with Crippen LogP contribution in [-0.4, -0.2) is 63.0 Å². The average Bonchev–Trinajstić information content (AvgIpc) is 3.41. The second-order valence-corrected chi connectivity index (χ2v) is 8.66. The van der Waals surface area contributed by atoms with Gasteiger partial charge in [0.25, 0.3) is 0 Å². The highest BCUT2D eigenvalue weighted by atomic mass is 32.2. The molecule has 1 saturated heterocycles. The lowest BCUT2D eigenvalue weighted by Crippen LogP contribution is -2.51. The van der Waals surface area contributed by atoms with Crippen molar-refractivity contribution in [2.45, 2.75) is 18.1 Å². The number of hydrogen-bond acceptors (Lipinski definition) is 4. The van der Waals surface area contributed by atoms with Gasteiger partial charge in [-0.2, -0.15) is 0 Å². The number of sulfone groups is 1. The zero-order chi connectivity index (χ0) is 17.2. The van der Waals surface area contributed by atoms with E-state index in [1.54, 1.807) is 12.1 Å². The first kappa shape index (κ1) is 17.0. The number of benzene rings is 1. The van der Waals surface area contributed by atoms with Gasteiger partial charge in [-0.15, -0.1) is 0 Å². The summed E-state index contributed by atoms with van der Waals surface area (Å²) in [6.45, 7) is 3.18. The van der Waals surface area contributed by atoms with Gasteiger partial charge >= 0.3 is 0 Å². The fourth-order valence-electron chi connectivity index (χ4n) is 2.83. The van der Waals surface area contributed by atoms with Gasteiger partial charge in [0.2, 0.25) is 0 Å². The third-order valence-corrected chi connectivity index (χ3v) is 6.72. The Hall–Kier alpha value is -1.83. The van der Waals surface area contributed by atoms with E-state index in [1.807, 2.05) is 4.90 Å². The molecule has 6 nitrogen and oxygen atoms in total. The second kappa shape index (κ2) is 6.96. The van der Waals surface area contributed by atoms with Crippen LogP contribution in [0.1, 0.15) is 12.8 Å². The molecular weight excluding hydrogens is 331 g/mol. The molecule has 2 fully saturated rings. The summed E-state index contributed by atoms with van der Waals surface area (Å²) in [5, 5.41) is -0.145. The first-order valence-corrected chi connectivity index (χ1v) is 9.94. The van der Waals surface area contributed by atoms with E-state index in [1.165, 1.54) is 12.1 Å². The molecule has 1 aromatic carbocycles. The number of nitrogens with two attached hydrogens (primary N) is 1. The molecule has 0 unspecified atom stereocenters. The van der Waals surface area contributed by atoms with Crippen molar-refractivity contribution in [3.05, 3.63) is 30.1 Å². The Labute approximate surface area is 142 Å². The van der Waals surface area contributed by atoms with Gasteiger partial charge in [0.05, 0.1) is 17.5 Å². The standard InChI is InChI=1S/C16H23FN4O2S/c17-13-1-3-14(4-2-13)20-8-10-21(11-9-20)16(18)19-7-12-24(22,23)15-5-6-15/h1-4,15H,5-12H2,(H2,18,19). The molecule has 0 spiro atoms. The maximum Gasteiger partial charge on any atom is 0.191 e. The highest BCUT2D eigenvalue weighted by Gasteiger charge is 2.34. The summed E-state index contributed by atoms with van der Waals surface area (Å²) in [7, 11) is -2.98. The van der Waals surface area contributed by atoms with E-state index < -0.39 is 9.84 Å². The molecule has 0 aromatic heterocycles. The Morgan fingerprint density at radius 1 is 1.17 bits per heavy atom. The van der Waals surface area contributed by atoms with Gasteiger partial charge < -0.3 is 15.5 Å². The fraction of sp³-hybridized carbons (Fsp3) is 0.562. The zero-order valence-corrected chi connectivity index (χ0v) is 14.4. The average molecular weight is 354 g/mol. The van der Waals surface area contributed by atoms with Crippen molar-refractivity contribution in [1.29, 1.82) is 0 Å². The molecule has 3 rings (SSSR count). The molecule has 1 heterocycles. The Morgan fingerprint density at radius 3 is 2.38 bits per heavy atom. The van der Waals surface area contributed by atoms with Gasteiger partial charge in [-0.1, -0.05) is 0 Å². The van der Waals surface area contributed by atoms with Gasteiger partial charge in [0.15, 0.2) is 15.8 Å². The van der Waals surface area contributed by atoms with Crippen LogP contribution in [0.4, 0.5) is 10.1 Å². The summed E-state index contributed by atoms with van der Waals surface area (Å²) < 4.78 is 36.6. The highest BCUT2D eigenvalue weighted by Crippen LogP contribution is 2.28. The van der Waals surface area contributed by atoms with E-state index in [9.17, 15) is 12.8 Å². The molecular formula is C16H23FN4O2S. The predicted molar refractivity (Wildman–Crippen MR) is 93.5 cm³/mol. The minimum Gasteiger partial charge on any atom is -0.370 e. The topological polar surface area (TPSA) is 79.0 Å². The molecule has 1 saturated carbocycles. The van der Waals surface area contributed by atoms with E-state index in [0.717, 1.165) is 31.6 Å². The van der Waals surface area contributed by atoms with Crippen LogP contribution in [0.15, 0.2) is 29.3 Å². The molecule has 1 aliphatic carbocycles. The van der Waals surface area contributed by atoms with Gasteiger partial charge in [-0.25, -0.2) is 12.8 Å². The van der Waals surface area contributed by atoms with Gasteiger partial charge in [0, 0.05) is 31.9 Å². The number of nitrogens with zero attached hydrogens (tertiary/aromatic N) is 3. The fourth-order valence-corrected chi connectivity index (χ4v) is 4.36. The van der Waals surface area contributed by atoms with Crippen molar-refractivity contribution in [3.63, 3.8) is 0 Å². The quantitative estimate of drug-likeness (QED) is 0.626. The number of guanidine groups is 1. The first-order chi connectivity index (χ1) is 11.5. The number of aliphatic imine (C=N–C) groups is 1. The SMILES string of the molecule is NC(=NCCS(=O)(=O)C1CC1)N1CCN(c2ccc(F)cc2)CC1. The lowest BCUT2D eigenvalue weighted by atomic mass is 10.2. The number of hydrogen-bond donors (Lipinski definition) is 1. The summed E-state index contributed by atoms with van der Waals surface area (Å²) in [5.74, 6) is 0.239. The molecule has 2 aliphatic rings. The van der Waals surface area contributed by atoms with Gasteiger partial charge in [-0.05, 0) is 37.1 Å². The van der Waals surface area contributed by atoms with E-state index in [4.69, 9.17) is 5.73 Å². The van der Waals surface area contributed by atoms with E-state index >= 15 is 0 Å². The van der Waals surface area contributed by atoms with Crippen LogP contribution in [0.3, 0.4) is 0 Å².